The van der Waals surface area contributed by atoms with Crippen LogP contribution >= 0.6 is 0 Å². The molecule has 7 heavy (non-hydrogen) atoms. The molecule has 0 rings (SSSR count). The fourth-order valence-corrected chi connectivity index (χ4v) is 0. The molecule has 7 heteroatoms. The zero-order valence-corrected chi connectivity index (χ0v) is 8.48. The molecule has 0 atom stereocenters. The molecule has 0 saturated heterocycles. The van der Waals surface area contributed by atoms with E-state index in [9.17, 15) is 0 Å². The molecule has 4 nitrogen and oxygen atoms in total. The fourth-order valence-electron chi connectivity index (χ4n) is 0. The Hall–Kier alpha value is 1.46. The molecule has 0 aliphatic carbocycles. The van der Waals surface area contributed by atoms with Gasteiger partial charge < -0.3 is 0 Å². The van der Waals surface area contributed by atoms with Crippen molar-refractivity contribution in [2.24, 2.45) is 0 Å². The Morgan fingerprint density at radius 1 is 1.14 bits per heavy atom. The molecule has 0 aromatic rings. The maximum absolute atomic E-state index is 8.59. The van der Waals surface area contributed by atoms with Crippen molar-refractivity contribution in [3.8, 4) is 0 Å². The van der Waals surface area contributed by atoms with Crippen molar-refractivity contribution >= 4 is 26.2 Å². The third-order valence-corrected chi connectivity index (χ3v) is 0. The summed E-state index contributed by atoms with van der Waals surface area (Å²) >= 11 is -5.75. The van der Waals surface area contributed by atoms with Crippen molar-refractivity contribution in [2.75, 3.05) is 0 Å². The first-order chi connectivity index (χ1) is 2.00. The molecular weight excluding hydrogens is 389 g/mol. The third-order valence-electron chi connectivity index (χ3n) is 0. The van der Waals surface area contributed by atoms with Gasteiger partial charge in [0.2, 0.25) is 0 Å². The van der Waals surface area contributed by atoms with Crippen LogP contribution in [0.5, 0.6) is 0 Å². The van der Waals surface area contributed by atoms with E-state index in [0.717, 1.165) is 0 Å². The van der Waals surface area contributed by atoms with Gasteiger partial charge in [-0.15, -0.1) is 0 Å². The van der Waals surface area contributed by atoms with Crippen molar-refractivity contribution in [3.63, 3.8) is 0 Å². The van der Waals surface area contributed by atoms with E-state index in [1.54, 1.807) is 0 Å². The monoisotopic (exact) mass is 388 g/mol. The Kier molecular flexibility index (Phi) is 12.6. The minimum absolute atomic E-state index is 0. The van der Waals surface area contributed by atoms with E-state index < -0.39 is 13.6 Å². The summed E-state index contributed by atoms with van der Waals surface area (Å²) in [5, 5.41) is 0. The van der Waals surface area contributed by atoms with Gasteiger partial charge in [-0.05, 0) is 0 Å². The first-order valence-corrected chi connectivity index (χ1v) is 2.75. The van der Waals surface area contributed by atoms with Gasteiger partial charge >= 0.3 is 72.8 Å². The average molecular weight is 389 g/mol. The van der Waals surface area contributed by atoms with E-state index in [2.05, 4.69) is 0 Å². The molecule has 0 saturated carbocycles. The first kappa shape index (κ1) is 15.8. The van der Waals surface area contributed by atoms with E-state index in [1.807, 2.05) is 0 Å². The molecule has 3 radical (unpaired) electrons. The first-order valence-electron chi connectivity index (χ1n) is 0.667. The predicted molar refractivity (Wildman–Crippen MR) is 7.13 cm³/mol. The van der Waals surface area contributed by atoms with Crippen LogP contribution in [0.2, 0.25) is 0 Å². The molecule has 0 aliphatic heterocycles. The summed E-state index contributed by atoms with van der Waals surface area (Å²) in [4.78, 5) is 0. The molecule has 0 heterocycles. The Morgan fingerprint density at radius 3 is 1.14 bits per heavy atom. The predicted octanol–water partition coefficient (Wildman–Crippen LogP) is -3.00. The van der Waals surface area contributed by atoms with Gasteiger partial charge in [0.1, 0.15) is 0 Å². The van der Waals surface area contributed by atoms with Crippen molar-refractivity contribution in [1.29, 1.82) is 0 Å². The van der Waals surface area contributed by atoms with Crippen molar-refractivity contribution in [2.45, 2.75) is 0 Å². The van der Waals surface area contributed by atoms with Gasteiger partial charge in [-0.3, -0.25) is 0 Å². The van der Waals surface area contributed by atoms with Crippen LogP contribution in [0.4, 0.5) is 0 Å². The van der Waals surface area contributed by atoms with E-state index in [4.69, 9.17) is 15.9 Å². The van der Waals surface area contributed by atoms with Crippen molar-refractivity contribution in [3.05, 3.63) is 0 Å². The van der Waals surface area contributed by atoms with Gasteiger partial charge in [0.25, 0.3) is 0 Å². The van der Waals surface area contributed by atoms with E-state index in [-0.39, 0.29) is 43.3 Å². The quantitative estimate of drug-likeness (QED) is 0.414. The topological polar surface area (TPSA) is 80.3 Å². The summed E-state index contributed by atoms with van der Waals surface area (Å²) < 4.78 is 34.4. The van der Waals surface area contributed by atoms with E-state index >= 15 is 0 Å². The molecule has 0 amide bonds. The number of hydrogen-bond acceptors (Lipinski definition) is 4. The molecule has 0 N–H and O–H groups in total. The summed E-state index contributed by atoms with van der Waals surface area (Å²) in [6.07, 6.45) is 0. The summed E-state index contributed by atoms with van der Waals surface area (Å²) in [5.41, 5.74) is 0. The SMILES string of the molecule is [Bi+3].[Cu+2].[O]=[Cr](=[O])([O-])[O-]. The van der Waals surface area contributed by atoms with Gasteiger partial charge in [-0.2, -0.15) is 0 Å². The second kappa shape index (κ2) is 5.59. The molecule has 43 valence electrons. The molecular formula is BiCrCuO4+3. The van der Waals surface area contributed by atoms with Crippen LogP contribution in [0.15, 0.2) is 0 Å². The number of hydrogen-bond donors (Lipinski definition) is 0. The van der Waals surface area contributed by atoms with Crippen molar-refractivity contribution in [1.82, 2.24) is 0 Å². The molecule has 0 fully saturated rings. The van der Waals surface area contributed by atoms with Gasteiger partial charge in [-0.25, -0.2) is 0 Å². The summed E-state index contributed by atoms with van der Waals surface area (Å²) in [5.74, 6) is 0. The Morgan fingerprint density at radius 2 is 1.14 bits per heavy atom. The second-order valence-corrected chi connectivity index (χ2v) is 1.68. The van der Waals surface area contributed by atoms with Gasteiger partial charge in [0.15, 0.2) is 0 Å². The van der Waals surface area contributed by atoms with Crippen LogP contribution in [0, 0.1) is 0 Å². The molecule has 0 bridgehead atoms. The average Bonchev–Trinajstić information content (AvgIpc) is 0.722. The molecule has 0 aliphatic rings. The van der Waals surface area contributed by atoms with Crippen LogP contribution in [0.3, 0.4) is 0 Å². The van der Waals surface area contributed by atoms with Crippen molar-refractivity contribution < 1.29 is 46.6 Å². The van der Waals surface area contributed by atoms with E-state index in [0.29, 0.717) is 0 Å². The van der Waals surface area contributed by atoms with Crippen LogP contribution in [-0.4, -0.2) is 26.2 Å². The second-order valence-electron chi connectivity index (χ2n) is 0.408. The Balaban J connectivity index is -0.0000000800. The Bertz CT molecular complexity index is 94.9. The van der Waals surface area contributed by atoms with Gasteiger partial charge in [0.05, 0.1) is 0 Å². The van der Waals surface area contributed by atoms with Crippen LogP contribution in [-0.2, 0) is 38.3 Å². The van der Waals surface area contributed by atoms with Crippen LogP contribution < -0.4 is 8.32 Å². The summed E-state index contributed by atoms with van der Waals surface area (Å²) in [7, 11) is 0. The van der Waals surface area contributed by atoms with Gasteiger partial charge in [-0.1, -0.05) is 0 Å². The standard InChI is InChI=1S/Bi.Cr.Cu.4O/q+3;;+2;;;2*-1. The van der Waals surface area contributed by atoms with Gasteiger partial charge in [0, 0.05) is 0 Å². The molecule has 0 spiro atoms. The Labute approximate surface area is 72.3 Å². The minimum atomic E-state index is -5.75. The third kappa shape index (κ3) is 105. The van der Waals surface area contributed by atoms with Crippen LogP contribution in [0.25, 0.3) is 0 Å². The number of rotatable bonds is 0. The molecule has 0 unspecified atom stereocenters. The normalized spacial score (nSPS) is 8.29. The zero-order chi connectivity index (χ0) is 4.50. The molecule has 0 aromatic carbocycles. The summed E-state index contributed by atoms with van der Waals surface area (Å²) in [6.45, 7) is 0. The maximum atomic E-state index is 8.59. The van der Waals surface area contributed by atoms with Crippen LogP contribution in [0.1, 0.15) is 0 Å². The molecule has 0 aromatic heterocycles. The fraction of sp³-hybridized carbons (Fsp3) is 0. The van der Waals surface area contributed by atoms with E-state index in [1.165, 1.54) is 0 Å². The summed E-state index contributed by atoms with van der Waals surface area (Å²) in [6, 6.07) is 0. The zero-order valence-electron chi connectivity index (χ0n) is 2.79.